The molecular formula is C37H39FN8O4. The number of anilines is 2. The Bertz CT molecular complexity index is 2160. The van der Waals surface area contributed by atoms with Crippen molar-refractivity contribution in [2.75, 3.05) is 24.1 Å². The number of aromatic nitrogens is 4. The maximum Gasteiger partial charge on any atom is 0.266 e. The Morgan fingerprint density at radius 1 is 0.960 bits per heavy atom. The molecule has 1 saturated heterocycles. The number of carbonyl (C=O) groups excluding carboxylic acids is 3. The molecule has 5 aromatic rings. The fourth-order valence-electron chi connectivity index (χ4n) is 6.63. The number of fused-ring (bicyclic) bond motifs is 1. The van der Waals surface area contributed by atoms with E-state index in [1.165, 1.54) is 41.4 Å². The summed E-state index contributed by atoms with van der Waals surface area (Å²) in [7, 11) is 0. The Morgan fingerprint density at radius 3 is 2.20 bits per heavy atom. The first-order chi connectivity index (χ1) is 23.8. The smallest absolute Gasteiger partial charge is 0.266 e. The van der Waals surface area contributed by atoms with Gasteiger partial charge in [-0.3, -0.25) is 19.2 Å². The number of carbonyl (C=O) groups is 3. The zero-order valence-corrected chi connectivity index (χ0v) is 28.3. The molecule has 1 fully saturated rings. The number of piperidine rings is 1. The van der Waals surface area contributed by atoms with Crippen molar-refractivity contribution in [3.8, 4) is 22.3 Å². The molecule has 0 spiro atoms. The molecule has 0 unspecified atom stereocenters. The molecule has 6 rings (SSSR count). The Kier molecular flexibility index (Phi) is 9.24. The second-order valence-electron chi connectivity index (χ2n) is 13.1. The molecule has 0 bridgehead atoms. The number of rotatable bonds is 8. The Labute approximate surface area is 287 Å². The lowest BCUT2D eigenvalue weighted by molar-refractivity contribution is -0.135. The lowest BCUT2D eigenvalue weighted by atomic mass is 9.92. The van der Waals surface area contributed by atoms with E-state index in [2.05, 4.69) is 21.5 Å². The monoisotopic (exact) mass is 678 g/mol. The van der Waals surface area contributed by atoms with Crippen molar-refractivity contribution < 1.29 is 18.8 Å². The van der Waals surface area contributed by atoms with E-state index in [0.29, 0.717) is 30.1 Å². The number of hydrogen-bond donors (Lipinski definition) is 3. The van der Waals surface area contributed by atoms with Crippen LogP contribution in [0.2, 0.25) is 0 Å². The molecule has 3 aromatic heterocycles. The van der Waals surface area contributed by atoms with E-state index in [9.17, 15) is 23.6 Å². The van der Waals surface area contributed by atoms with Crippen molar-refractivity contribution in [1.29, 1.82) is 0 Å². The van der Waals surface area contributed by atoms with Crippen LogP contribution < -0.4 is 22.2 Å². The summed E-state index contributed by atoms with van der Waals surface area (Å²) in [4.78, 5) is 58.7. The van der Waals surface area contributed by atoms with Crippen LogP contribution in [0.4, 0.5) is 15.9 Å². The number of likely N-dealkylation sites (tertiary alicyclic amines) is 1. The van der Waals surface area contributed by atoms with Gasteiger partial charge < -0.3 is 26.3 Å². The van der Waals surface area contributed by atoms with E-state index < -0.39 is 23.1 Å². The molecule has 12 nitrogen and oxygen atoms in total. The summed E-state index contributed by atoms with van der Waals surface area (Å²) < 4.78 is 17.0. The molecule has 0 atom stereocenters. The minimum atomic E-state index is -0.850. The first-order valence-corrected chi connectivity index (χ1v) is 16.5. The van der Waals surface area contributed by atoms with Gasteiger partial charge in [-0.05, 0) is 68.1 Å². The van der Waals surface area contributed by atoms with Crippen LogP contribution in [0, 0.1) is 11.7 Å². The number of halogens is 1. The first-order valence-electron chi connectivity index (χ1n) is 16.5. The predicted molar refractivity (Wildman–Crippen MR) is 189 cm³/mol. The molecule has 50 heavy (non-hydrogen) atoms. The van der Waals surface area contributed by atoms with Crippen molar-refractivity contribution in [1.82, 2.24) is 24.1 Å². The third-order valence-electron chi connectivity index (χ3n) is 9.18. The van der Waals surface area contributed by atoms with Gasteiger partial charge in [0.2, 0.25) is 11.3 Å². The summed E-state index contributed by atoms with van der Waals surface area (Å²) in [6, 6.07) is 13.9. The lowest BCUT2D eigenvalue weighted by Crippen LogP contribution is -2.40. The highest BCUT2D eigenvalue weighted by atomic mass is 19.1. The third kappa shape index (κ3) is 6.33. The normalized spacial score (nSPS) is 13.7. The molecule has 5 N–H and O–H groups in total. The second-order valence-corrected chi connectivity index (χ2v) is 13.1. The molecule has 4 heterocycles. The molecule has 1 aliphatic heterocycles. The number of amides is 3. The number of nitrogens with two attached hydrogens (primary N) is 2. The highest BCUT2D eigenvalue weighted by Gasteiger charge is 2.29. The van der Waals surface area contributed by atoms with Crippen molar-refractivity contribution >= 4 is 34.7 Å². The van der Waals surface area contributed by atoms with Crippen LogP contribution in [0.25, 0.3) is 27.8 Å². The van der Waals surface area contributed by atoms with Gasteiger partial charge in [0.15, 0.2) is 5.82 Å². The average molecular weight is 679 g/mol. The fraction of sp³-hybridized carbons (Fsp3) is 0.297. The van der Waals surface area contributed by atoms with Crippen LogP contribution in [-0.2, 0) is 4.79 Å². The van der Waals surface area contributed by atoms with Crippen LogP contribution in [-0.4, -0.2) is 54.9 Å². The summed E-state index contributed by atoms with van der Waals surface area (Å²) in [6.07, 6.45) is 4.34. The van der Waals surface area contributed by atoms with Gasteiger partial charge in [0.25, 0.3) is 11.8 Å². The fourth-order valence-corrected chi connectivity index (χ4v) is 6.63. The predicted octanol–water partition coefficient (Wildman–Crippen LogP) is 5.24. The average Bonchev–Trinajstić information content (AvgIpc) is 3.49. The standard InChI is InChI=1S/C37H39FN8O4/c1-20(2)37(50)44-15-13-23(14-16-44)29-17-27(31-34(39)41-19-42-46(29)31)22-7-11-26(12-8-22)43-36(49)28-18-45(21(3)4)32(35(40)48)30(33(28)47)24-5-9-25(38)10-6-24/h5-12,17-21,23H,13-16H2,1-4H3,(H2,40,48)(H,43,49)(H2,39,41,42). The van der Waals surface area contributed by atoms with E-state index in [-0.39, 0.29) is 46.2 Å². The maximum absolute atomic E-state index is 13.8. The van der Waals surface area contributed by atoms with Gasteiger partial charge in [-0.25, -0.2) is 13.9 Å². The quantitative estimate of drug-likeness (QED) is 0.201. The highest BCUT2D eigenvalue weighted by Crippen LogP contribution is 2.37. The van der Waals surface area contributed by atoms with E-state index in [1.54, 1.807) is 26.0 Å². The topological polar surface area (TPSA) is 171 Å². The third-order valence-corrected chi connectivity index (χ3v) is 9.18. The molecule has 0 saturated carbocycles. The molecule has 3 amide bonds. The van der Waals surface area contributed by atoms with Gasteiger partial charge in [0.05, 0.1) is 5.56 Å². The number of hydrogen-bond acceptors (Lipinski definition) is 7. The molecule has 258 valence electrons. The van der Waals surface area contributed by atoms with Gasteiger partial charge in [-0.2, -0.15) is 5.10 Å². The van der Waals surface area contributed by atoms with Crippen LogP contribution in [0.15, 0.2) is 71.9 Å². The number of primary amides is 1. The van der Waals surface area contributed by atoms with E-state index >= 15 is 0 Å². The zero-order valence-electron chi connectivity index (χ0n) is 28.3. The van der Waals surface area contributed by atoms with E-state index in [0.717, 1.165) is 29.7 Å². The second kappa shape index (κ2) is 13.6. The summed E-state index contributed by atoms with van der Waals surface area (Å²) in [5.41, 5.74) is 15.0. The van der Waals surface area contributed by atoms with E-state index in [1.807, 2.05) is 35.4 Å². The van der Waals surface area contributed by atoms with Crippen LogP contribution in [0.5, 0.6) is 0 Å². The Hall–Kier alpha value is -5.85. The zero-order chi connectivity index (χ0) is 35.9. The SMILES string of the molecule is CC(C)C(=O)N1CCC(c2cc(-c3ccc(NC(=O)c4cn(C(C)C)c(C(N)=O)c(-c5ccc(F)cc5)c4=O)cc3)c3c(N)ncnn23)CC1. The van der Waals surface area contributed by atoms with Crippen molar-refractivity contribution in [3.05, 3.63) is 100 Å². The summed E-state index contributed by atoms with van der Waals surface area (Å²) in [5, 5.41) is 7.31. The van der Waals surface area contributed by atoms with Crippen molar-refractivity contribution in [2.24, 2.45) is 11.7 Å². The first kappa shape index (κ1) is 34.0. The number of nitrogens with one attached hydrogen (secondary N) is 1. The van der Waals surface area contributed by atoms with Crippen molar-refractivity contribution in [2.45, 2.75) is 52.5 Å². The minimum absolute atomic E-state index is 0.0485. The number of nitrogens with zero attached hydrogens (tertiary/aromatic N) is 5. The lowest BCUT2D eigenvalue weighted by Gasteiger charge is -2.33. The van der Waals surface area contributed by atoms with Gasteiger partial charge in [-0.1, -0.05) is 38.1 Å². The number of benzene rings is 2. The van der Waals surface area contributed by atoms with Gasteiger partial charge in [-0.15, -0.1) is 0 Å². The van der Waals surface area contributed by atoms with Gasteiger partial charge in [0, 0.05) is 54.1 Å². The molecule has 13 heteroatoms. The van der Waals surface area contributed by atoms with Crippen molar-refractivity contribution in [3.63, 3.8) is 0 Å². The number of nitrogen functional groups attached to an aromatic ring is 1. The maximum atomic E-state index is 13.8. The van der Waals surface area contributed by atoms with E-state index in [4.69, 9.17) is 11.5 Å². The van der Waals surface area contributed by atoms with Crippen LogP contribution in [0.3, 0.4) is 0 Å². The van der Waals surface area contributed by atoms with Crippen LogP contribution in [0.1, 0.15) is 79.0 Å². The Balaban J connectivity index is 1.31. The van der Waals surface area contributed by atoms with Gasteiger partial charge in [0.1, 0.15) is 28.9 Å². The van der Waals surface area contributed by atoms with Gasteiger partial charge >= 0.3 is 0 Å². The Morgan fingerprint density at radius 2 is 1.60 bits per heavy atom. The summed E-state index contributed by atoms with van der Waals surface area (Å²) >= 11 is 0. The number of pyridine rings is 1. The largest absolute Gasteiger partial charge is 0.382 e. The molecular weight excluding hydrogens is 639 g/mol. The molecule has 0 radical (unpaired) electrons. The molecule has 1 aliphatic rings. The minimum Gasteiger partial charge on any atom is -0.382 e. The summed E-state index contributed by atoms with van der Waals surface area (Å²) in [6.45, 7) is 8.73. The summed E-state index contributed by atoms with van der Waals surface area (Å²) in [5.74, 6) is -1.46. The molecule has 0 aliphatic carbocycles. The van der Waals surface area contributed by atoms with Crippen LogP contribution >= 0.6 is 0 Å². The highest BCUT2D eigenvalue weighted by molar-refractivity contribution is 6.06. The molecule has 2 aromatic carbocycles.